The van der Waals surface area contributed by atoms with Gasteiger partial charge in [0, 0.05) is 18.2 Å². The van der Waals surface area contributed by atoms with Crippen molar-refractivity contribution in [3.05, 3.63) is 39.9 Å². The number of hydrogen-bond acceptors (Lipinski definition) is 1. The van der Waals surface area contributed by atoms with Gasteiger partial charge in [-0.2, -0.15) is 0 Å². The molecule has 1 aliphatic rings. The highest BCUT2D eigenvalue weighted by Crippen LogP contribution is 2.35. The van der Waals surface area contributed by atoms with E-state index in [4.69, 9.17) is 23.2 Å². The third kappa shape index (κ3) is 1.22. The number of hydrogen-bond donors (Lipinski definition) is 0. The van der Waals surface area contributed by atoms with E-state index in [0.29, 0.717) is 11.3 Å². The number of rotatable bonds is 0. The van der Waals surface area contributed by atoms with E-state index >= 15 is 0 Å². The van der Waals surface area contributed by atoms with Crippen LogP contribution in [0.4, 0.5) is 0 Å². The van der Waals surface area contributed by atoms with Crippen molar-refractivity contribution in [1.29, 1.82) is 0 Å². The summed E-state index contributed by atoms with van der Waals surface area (Å²) in [7, 11) is 1.66. The number of nitrogens with zero attached hydrogens (tertiary/aromatic N) is 1. The second kappa shape index (κ2) is 3.30. The summed E-state index contributed by atoms with van der Waals surface area (Å²) in [6.07, 6.45) is 0. The van der Waals surface area contributed by atoms with Crippen molar-refractivity contribution < 1.29 is 4.79 Å². The second-order valence-electron chi connectivity index (χ2n) is 3.02. The summed E-state index contributed by atoms with van der Waals surface area (Å²) in [5, 5.41) is 0. The van der Waals surface area contributed by atoms with Gasteiger partial charge in [0.05, 0.1) is 5.70 Å². The SMILES string of the molecule is CN1C(=O)c2ccccc2C1=C(Cl)Cl. The maximum Gasteiger partial charge on any atom is 0.258 e. The molecule has 0 unspecified atom stereocenters. The molecule has 1 aromatic rings. The van der Waals surface area contributed by atoms with Gasteiger partial charge >= 0.3 is 0 Å². The Morgan fingerprint density at radius 3 is 2.36 bits per heavy atom. The molecule has 0 aliphatic carbocycles. The highest BCUT2D eigenvalue weighted by Gasteiger charge is 2.30. The van der Waals surface area contributed by atoms with Gasteiger partial charge in [0.15, 0.2) is 0 Å². The molecule has 2 rings (SSSR count). The fraction of sp³-hybridized carbons (Fsp3) is 0.100. The number of amides is 1. The van der Waals surface area contributed by atoms with Crippen molar-refractivity contribution in [3.63, 3.8) is 0 Å². The van der Waals surface area contributed by atoms with Gasteiger partial charge < -0.3 is 4.90 Å². The quantitative estimate of drug-likeness (QED) is 0.668. The Morgan fingerprint density at radius 2 is 1.79 bits per heavy atom. The van der Waals surface area contributed by atoms with Crippen LogP contribution in [0.2, 0.25) is 0 Å². The van der Waals surface area contributed by atoms with Gasteiger partial charge in [-0.05, 0) is 6.07 Å². The fourth-order valence-electron chi connectivity index (χ4n) is 1.57. The van der Waals surface area contributed by atoms with Gasteiger partial charge in [0.25, 0.3) is 5.91 Å². The Labute approximate surface area is 91.7 Å². The summed E-state index contributed by atoms with van der Waals surface area (Å²) < 4.78 is 0.116. The van der Waals surface area contributed by atoms with Gasteiger partial charge in [-0.1, -0.05) is 41.4 Å². The molecule has 0 N–H and O–H groups in total. The predicted octanol–water partition coefficient (Wildman–Crippen LogP) is 2.88. The zero-order chi connectivity index (χ0) is 10.3. The van der Waals surface area contributed by atoms with Crippen molar-refractivity contribution in [2.75, 3.05) is 7.05 Å². The Balaban J connectivity index is 2.72. The Kier molecular flexibility index (Phi) is 2.25. The van der Waals surface area contributed by atoms with Crippen molar-refractivity contribution >= 4 is 34.8 Å². The molecule has 0 aromatic heterocycles. The summed E-state index contributed by atoms with van der Waals surface area (Å²) in [6.45, 7) is 0. The largest absolute Gasteiger partial charge is 0.309 e. The molecule has 0 spiro atoms. The first kappa shape index (κ1) is 9.56. The lowest BCUT2D eigenvalue weighted by Gasteiger charge is -2.10. The van der Waals surface area contributed by atoms with Crippen LogP contribution in [-0.4, -0.2) is 17.9 Å². The maximum atomic E-state index is 11.7. The van der Waals surface area contributed by atoms with Crippen LogP contribution >= 0.6 is 23.2 Å². The number of fused-ring (bicyclic) bond motifs is 1. The summed E-state index contributed by atoms with van der Waals surface area (Å²) in [4.78, 5) is 13.1. The molecule has 0 radical (unpaired) electrons. The Bertz CT molecular complexity index is 436. The molecule has 1 aliphatic heterocycles. The van der Waals surface area contributed by atoms with E-state index in [1.54, 1.807) is 13.1 Å². The van der Waals surface area contributed by atoms with Crippen LogP contribution in [-0.2, 0) is 0 Å². The first-order valence-electron chi connectivity index (χ1n) is 4.05. The van der Waals surface area contributed by atoms with Gasteiger partial charge in [-0.15, -0.1) is 0 Å². The third-order valence-corrected chi connectivity index (χ3v) is 2.59. The number of carbonyl (C=O) groups is 1. The maximum absolute atomic E-state index is 11.7. The zero-order valence-electron chi connectivity index (χ0n) is 7.42. The number of carbonyl (C=O) groups excluding carboxylic acids is 1. The molecule has 0 fully saturated rings. The van der Waals surface area contributed by atoms with Crippen LogP contribution < -0.4 is 0 Å². The van der Waals surface area contributed by atoms with Gasteiger partial charge in [-0.3, -0.25) is 4.79 Å². The minimum Gasteiger partial charge on any atom is -0.309 e. The molecule has 72 valence electrons. The zero-order valence-corrected chi connectivity index (χ0v) is 8.93. The Morgan fingerprint density at radius 1 is 1.21 bits per heavy atom. The molecule has 0 saturated heterocycles. The molecule has 1 heterocycles. The molecule has 1 amide bonds. The van der Waals surface area contributed by atoms with E-state index in [1.165, 1.54) is 4.90 Å². The first-order chi connectivity index (χ1) is 6.63. The summed E-state index contributed by atoms with van der Waals surface area (Å²) in [5.74, 6) is -0.0746. The Hall–Kier alpha value is -0.990. The molecule has 4 heteroatoms. The van der Waals surface area contributed by atoms with E-state index in [2.05, 4.69) is 0 Å². The average Bonchev–Trinajstić information content (AvgIpc) is 2.41. The van der Waals surface area contributed by atoms with Gasteiger partial charge in [0.1, 0.15) is 4.49 Å². The van der Waals surface area contributed by atoms with E-state index < -0.39 is 0 Å². The molecule has 1 aromatic carbocycles. The summed E-state index contributed by atoms with van der Waals surface area (Å²) >= 11 is 11.4. The van der Waals surface area contributed by atoms with Crippen LogP contribution in [0.1, 0.15) is 15.9 Å². The molecular weight excluding hydrogens is 221 g/mol. The van der Waals surface area contributed by atoms with Crippen LogP contribution in [0.3, 0.4) is 0 Å². The second-order valence-corrected chi connectivity index (χ2v) is 3.97. The lowest BCUT2D eigenvalue weighted by atomic mass is 10.1. The molecule has 0 saturated carbocycles. The minimum absolute atomic E-state index is 0.0746. The van der Waals surface area contributed by atoms with Gasteiger partial charge in [-0.25, -0.2) is 0 Å². The smallest absolute Gasteiger partial charge is 0.258 e. The standard InChI is InChI=1S/C10H7Cl2NO/c1-13-8(9(11)12)6-4-2-3-5-7(6)10(13)14/h2-5H,1H3. The summed E-state index contributed by atoms with van der Waals surface area (Å²) in [6, 6.07) is 7.26. The molecule has 0 bridgehead atoms. The molecular formula is C10H7Cl2NO. The van der Waals surface area contributed by atoms with E-state index in [-0.39, 0.29) is 10.4 Å². The molecule has 0 atom stereocenters. The van der Waals surface area contributed by atoms with Crippen molar-refractivity contribution in [1.82, 2.24) is 4.90 Å². The van der Waals surface area contributed by atoms with Crippen molar-refractivity contribution in [3.8, 4) is 0 Å². The highest BCUT2D eigenvalue weighted by atomic mass is 35.5. The van der Waals surface area contributed by atoms with E-state index in [0.717, 1.165) is 5.56 Å². The minimum atomic E-state index is -0.0746. The van der Waals surface area contributed by atoms with Crippen LogP contribution in [0.15, 0.2) is 28.8 Å². The predicted molar refractivity (Wildman–Crippen MR) is 57.2 cm³/mol. The molecule has 2 nitrogen and oxygen atoms in total. The monoisotopic (exact) mass is 227 g/mol. The fourth-order valence-corrected chi connectivity index (χ4v) is 2.02. The normalized spacial score (nSPS) is 14.6. The van der Waals surface area contributed by atoms with Crippen molar-refractivity contribution in [2.45, 2.75) is 0 Å². The van der Waals surface area contributed by atoms with Crippen LogP contribution in [0.25, 0.3) is 5.70 Å². The first-order valence-corrected chi connectivity index (χ1v) is 4.81. The topological polar surface area (TPSA) is 20.3 Å². The lowest BCUT2D eigenvalue weighted by Crippen LogP contribution is -2.17. The highest BCUT2D eigenvalue weighted by molar-refractivity contribution is 6.58. The average molecular weight is 228 g/mol. The number of benzene rings is 1. The summed E-state index contributed by atoms with van der Waals surface area (Å²) in [5.41, 5.74) is 2.01. The van der Waals surface area contributed by atoms with Crippen LogP contribution in [0, 0.1) is 0 Å². The van der Waals surface area contributed by atoms with E-state index in [9.17, 15) is 4.79 Å². The number of halogens is 2. The molecule has 14 heavy (non-hydrogen) atoms. The van der Waals surface area contributed by atoms with Gasteiger partial charge in [0.2, 0.25) is 0 Å². The van der Waals surface area contributed by atoms with Crippen LogP contribution in [0.5, 0.6) is 0 Å². The van der Waals surface area contributed by atoms with Crippen molar-refractivity contribution in [2.24, 2.45) is 0 Å². The van der Waals surface area contributed by atoms with E-state index in [1.807, 2.05) is 18.2 Å². The lowest BCUT2D eigenvalue weighted by molar-refractivity contribution is 0.0874. The third-order valence-electron chi connectivity index (χ3n) is 2.23.